The van der Waals surface area contributed by atoms with E-state index in [4.69, 9.17) is 16.3 Å². The quantitative estimate of drug-likeness (QED) is 0.429. The molecular formula is C24H25ClN4O2. The maximum atomic E-state index is 10.1. The number of aliphatic hydroxyl groups excluding tert-OH is 1. The summed E-state index contributed by atoms with van der Waals surface area (Å²) in [7, 11) is 0. The number of rotatable bonds is 6. The van der Waals surface area contributed by atoms with Crippen LogP contribution in [0.4, 0.5) is 0 Å². The predicted octanol–water partition coefficient (Wildman–Crippen LogP) is 4.71. The van der Waals surface area contributed by atoms with Crippen molar-refractivity contribution in [1.29, 1.82) is 0 Å². The Hall–Kier alpha value is -2.83. The Morgan fingerprint density at radius 1 is 1.19 bits per heavy atom. The van der Waals surface area contributed by atoms with Gasteiger partial charge < -0.3 is 14.8 Å². The standard InChI is InChI=1S/C24H25ClN4O2/c25-17-7-10-23-22(13-17)21-4-2-1-3-20(24(21)27-23)16-5-8-19(9-6-16)31-15-18(30)14-29-12-11-26-28-29/h5-13,18,20,27,30H,1-4,14-15H2. The van der Waals surface area contributed by atoms with Gasteiger partial charge in [0.05, 0.1) is 12.7 Å². The molecule has 2 N–H and O–H groups in total. The molecule has 2 atom stereocenters. The van der Waals surface area contributed by atoms with E-state index >= 15 is 0 Å². The highest BCUT2D eigenvalue weighted by Gasteiger charge is 2.24. The smallest absolute Gasteiger partial charge is 0.119 e. The molecule has 2 unspecified atom stereocenters. The Labute approximate surface area is 185 Å². The van der Waals surface area contributed by atoms with E-state index in [0.717, 1.165) is 29.1 Å². The van der Waals surface area contributed by atoms with E-state index < -0.39 is 6.10 Å². The second-order valence-corrected chi connectivity index (χ2v) is 8.60. The first-order valence-electron chi connectivity index (χ1n) is 10.7. The van der Waals surface area contributed by atoms with Crippen LogP contribution in [-0.2, 0) is 13.0 Å². The molecule has 2 heterocycles. The van der Waals surface area contributed by atoms with Crippen molar-refractivity contribution in [2.24, 2.45) is 0 Å². The molecule has 0 aliphatic heterocycles. The maximum Gasteiger partial charge on any atom is 0.119 e. The molecule has 0 bridgehead atoms. The van der Waals surface area contributed by atoms with E-state index in [1.165, 1.54) is 35.0 Å². The molecule has 6 nitrogen and oxygen atoms in total. The molecule has 2 aromatic carbocycles. The van der Waals surface area contributed by atoms with E-state index in [1.807, 2.05) is 18.2 Å². The van der Waals surface area contributed by atoms with Gasteiger partial charge in [-0.1, -0.05) is 35.4 Å². The second-order valence-electron chi connectivity index (χ2n) is 8.16. The zero-order chi connectivity index (χ0) is 21.2. The van der Waals surface area contributed by atoms with E-state index in [9.17, 15) is 5.11 Å². The van der Waals surface area contributed by atoms with E-state index in [-0.39, 0.29) is 6.61 Å². The fraction of sp³-hybridized carbons (Fsp3) is 0.333. The van der Waals surface area contributed by atoms with Crippen LogP contribution in [0.15, 0.2) is 54.9 Å². The number of aromatic nitrogens is 4. The van der Waals surface area contributed by atoms with Gasteiger partial charge in [-0.25, -0.2) is 4.68 Å². The summed E-state index contributed by atoms with van der Waals surface area (Å²) in [6, 6.07) is 14.3. The molecule has 5 rings (SSSR count). The van der Waals surface area contributed by atoms with Gasteiger partial charge in [0.1, 0.15) is 18.5 Å². The minimum absolute atomic E-state index is 0.204. The lowest BCUT2D eigenvalue weighted by molar-refractivity contribution is 0.0888. The molecule has 0 amide bonds. The van der Waals surface area contributed by atoms with Crippen LogP contribution in [-0.4, -0.2) is 37.8 Å². The van der Waals surface area contributed by atoms with Gasteiger partial charge >= 0.3 is 0 Å². The molecule has 31 heavy (non-hydrogen) atoms. The Bertz CT molecular complexity index is 1150. The van der Waals surface area contributed by atoms with Gasteiger partial charge in [-0.15, -0.1) is 5.10 Å². The number of H-pyrrole nitrogens is 1. The first kappa shape index (κ1) is 20.1. The van der Waals surface area contributed by atoms with Crippen LogP contribution in [0, 0.1) is 0 Å². The van der Waals surface area contributed by atoms with Crippen molar-refractivity contribution in [2.45, 2.75) is 44.2 Å². The Kier molecular flexibility index (Phi) is 5.66. The lowest BCUT2D eigenvalue weighted by atomic mass is 9.91. The van der Waals surface area contributed by atoms with Gasteiger partial charge in [-0.3, -0.25) is 0 Å². The molecule has 0 radical (unpaired) electrons. The highest BCUT2D eigenvalue weighted by atomic mass is 35.5. The first-order chi connectivity index (χ1) is 15.2. The molecule has 1 aliphatic rings. The third-order valence-electron chi connectivity index (χ3n) is 6.01. The molecule has 0 saturated heterocycles. The fourth-order valence-corrected chi connectivity index (χ4v) is 4.70. The summed E-state index contributed by atoms with van der Waals surface area (Å²) in [4.78, 5) is 3.67. The monoisotopic (exact) mass is 436 g/mol. The minimum Gasteiger partial charge on any atom is -0.491 e. The number of nitrogens with zero attached hydrogens (tertiary/aromatic N) is 3. The lowest BCUT2D eigenvalue weighted by Crippen LogP contribution is -2.23. The van der Waals surface area contributed by atoms with Crippen LogP contribution in [0.25, 0.3) is 10.9 Å². The Morgan fingerprint density at radius 3 is 2.87 bits per heavy atom. The molecule has 0 saturated carbocycles. The van der Waals surface area contributed by atoms with Crippen LogP contribution in [0.1, 0.15) is 42.0 Å². The predicted molar refractivity (Wildman–Crippen MR) is 121 cm³/mol. The second kappa shape index (κ2) is 8.73. The Morgan fingerprint density at radius 2 is 2.06 bits per heavy atom. The van der Waals surface area contributed by atoms with Crippen LogP contribution in [0.2, 0.25) is 5.02 Å². The first-order valence-corrected chi connectivity index (χ1v) is 11.1. The van der Waals surface area contributed by atoms with Gasteiger partial charge in [0, 0.05) is 33.7 Å². The van der Waals surface area contributed by atoms with Gasteiger partial charge in [-0.2, -0.15) is 0 Å². The SMILES string of the molecule is OC(COc1ccc(C2CCCCc3c2[nH]c2ccc(Cl)cc32)cc1)Cn1ccnn1. The van der Waals surface area contributed by atoms with Crippen molar-refractivity contribution in [3.05, 3.63) is 76.7 Å². The summed E-state index contributed by atoms with van der Waals surface area (Å²) in [5, 5.41) is 19.8. The number of halogens is 1. The molecule has 2 aromatic heterocycles. The summed E-state index contributed by atoms with van der Waals surface area (Å²) in [6.07, 6.45) is 7.24. The molecule has 0 fully saturated rings. The fourth-order valence-electron chi connectivity index (χ4n) is 4.52. The van der Waals surface area contributed by atoms with Crippen molar-refractivity contribution in [2.75, 3.05) is 6.61 Å². The minimum atomic E-state index is -0.649. The molecule has 7 heteroatoms. The van der Waals surface area contributed by atoms with Crippen molar-refractivity contribution in [3.8, 4) is 5.75 Å². The van der Waals surface area contributed by atoms with Gasteiger partial charge in [0.15, 0.2) is 0 Å². The number of aryl methyl sites for hydroxylation is 1. The zero-order valence-electron chi connectivity index (χ0n) is 17.2. The number of ether oxygens (including phenoxy) is 1. The van der Waals surface area contributed by atoms with E-state index in [2.05, 4.69) is 39.6 Å². The summed E-state index contributed by atoms with van der Waals surface area (Å²) in [5.74, 6) is 1.08. The highest BCUT2D eigenvalue weighted by molar-refractivity contribution is 6.31. The van der Waals surface area contributed by atoms with Crippen molar-refractivity contribution >= 4 is 22.5 Å². The molecule has 0 spiro atoms. The molecule has 1 aliphatic carbocycles. The van der Waals surface area contributed by atoms with E-state index in [0.29, 0.717) is 12.5 Å². The topological polar surface area (TPSA) is 76.0 Å². The third kappa shape index (κ3) is 4.31. The molecule has 160 valence electrons. The van der Waals surface area contributed by atoms with Crippen molar-refractivity contribution in [3.63, 3.8) is 0 Å². The van der Waals surface area contributed by atoms with Gasteiger partial charge in [0.2, 0.25) is 0 Å². The number of nitrogens with one attached hydrogen (secondary N) is 1. The Balaban J connectivity index is 1.32. The van der Waals surface area contributed by atoms with Crippen LogP contribution in [0.5, 0.6) is 5.75 Å². The summed E-state index contributed by atoms with van der Waals surface area (Å²) in [6.45, 7) is 0.558. The largest absolute Gasteiger partial charge is 0.491 e. The average molecular weight is 437 g/mol. The van der Waals surface area contributed by atoms with Crippen LogP contribution in [0.3, 0.4) is 0 Å². The van der Waals surface area contributed by atoms with Crippen molar-refractivity contribution < 1.29 is 9.84 Å². The number of fused-ring (bicyclic) bond motifs is 3. The van der Waals surface area contributed by atoms with Gasteiger partial charge in [-0.05, 0) is 60.7 Å². The average Bonchev–Trinajstić information content (AvgIpc) is 3.35. The number of aliphatic hydroxyl groups is 1. The molecular weight excluding hydrogens is 412 g/mol. The normalized spacial score (nSPS) is 17.3. The third-order valence-corrected chi connectivity index (χ3v) is 6.25. The number of benzene rings is 2. The van der Waals surface area contributed by atoms with Gasteiger partial charge in [0.25, 0.3) is 0 Å². The number of aromatic amines is 1. The van der Waals surface area contributed by atoms with Crippen LogP contribution < -0.4 is 4.74 Å². The number of hydrogen-bond donors (Lipinski definition) is 2. The highest BCUT2D eigenvalue weighted by Crippen LogP contribution is 2.39. The summed E-state index contributed by atoms with van der Waals surface area (Å²) < 4.78 is 7.37. The van der Waals surface area contributed by atoms with E-state index in [1.54, 1.807) is 17.1 Å². The zero-order valence-corrected chi connectivity index (χ0v) is 17.9. The molecule has 4 aromatic rings. The van der Waals surface area contributed by atoms with Crippen molar-refractivity contribution in [1.82, 2.24) is 20.0 Å². The van der Waals surface area contributed by atoms with Crippen LogP contribution >= 0.6 is 11.6 Å². The maximum absolute atomic E-state index is 10.1. The summed E-state index contributed by atoms with van der Waals surface area (Å²) in [5.41, 5.74) is 5.14. The number of hydrogen-bond acceptors (Lipinski definition) is 4. The lowest BCUT2D eigenvalue weighted by Gasteiger charge is -2.17. The summed E-state index contributed by atoms with van der Waals surface area (Å²) >= 11 is 6.27.